The van der Waals surface area contributed by atoms with Crippen LogP contribution in [0.25, 0.3) is 0 Å². The van der Waals surface area contributed by atoms with Gasteiger partial charge in [-0.25, -0.2) is 5.43 Å². The number of aryl methyl sites for hydroxylation is 1. The van der Waals surface area contributed by atoms with Crippen LogP contribution >= 0.6 is 0 Å². The van der Waals surface area contributed by atoms with Gasteiger partial charge in [-0.3, -0.25) is 9.59 Å². The smallest absolute Gasteiger partial charge is 0.329 e. The van der Waals surface area contributed by atoms with Gasteiger partial charge in [-0.05, 0) is 49.2 Å². The molecule has 6 heteroatoms. The molecule has 0 radical (unpaired) electrons. The fourth-order valence-corrected chi connectivity index (χ4v) is 2.00. The number of hydrogen-bond acceptors (Lipinski definition) is 4. The van der Waals surface area contributed by atoms with E-state index in [0.29, 0.717) is 6.61 Å². The highest BCUT2D eigenvalue weighted by Crippen LogP contribution is 2.10. The molecule has 2 aromatic rings. The lowest BCUT2D eigenvalue weighted by Crippen LogP contribution is -2.37. The second-order valence-electron chi connectivity index (χ2n) is 5.37. The molecule has 6 nitrogen and oxygen atoms in total. The first-order valence-electron chi connectivity index (χ1n) is 7.98. The predicted octanol–water partition coefficient (Wildman–Crippen LogP) is 2.16. The van der Waals surface area contributed by atoms with E-state index < -0.39 is 11.8 Å². The van der Waals surface area contributed by atoms with E-state index in [2.05, 4.69) is 15.8 Å². The fourth-order valence-electron chi connectivity index (χ4n) is 2.00. The Kier molecular flexibility index (Phi) is 6.71. The fraction of sp³-hybridized carbons (Fsp3) is 0.211. The SMILES string of the molecule is CCOc1ccc(/C=N\NC(=O)C(=O)NCc2ccc(C)cc2)cc1. The molecule has 0 saturated carbocycles. The Morgan fingerprint density at radius 2 is 1.72 bits per heavy atom. The molecule has 0 aliphatic carbocycles. The van der Waals surface area contributed by atoms with Gasteiger partial charge in [0.05, 0.1) is 12.8 Å². The zero-order valence-electron chi connectivity index (χ0n) is 14.3. The van der Waals surface area contributed by atoms with Crippen LogP contribution in [0.1, 0.15) is 23.6 Å². The quantitative estimate of drug-likeness (QED) is 0.481. The lowest BCUT2D eigenvalue weighted by molar-refractivity contribution is -0.139. The molecule has 2 aromatic carbocycles. The van der Waals surface area contributed by atoms with Crippen LogP contribution in [0.5, 0.6) is 5.75 Å². The molecule has 2 amide bonds. The molecular formula is C19H21N3O3. The molecule has 0 fully saturated rings. The Labute approximate surface area is 146 Å². The van der Waals surface area contributed by atoms with E-state index in [1.165, 1.54) is 6.21 Å². The lowest BCUT2D eigenvalue weighted by atomic mass is 10.1. The van der Waals surface area contributed by atoms with Gasteiger partial charge in [0, 0.05) is 6.54 Å². The minimum atomic E-state index is -0.811. The Morgan fingerprint density at radius 1 is 1.04 bits per heavy atom. The van der Waals surface area contributed by atoms with Crippen molar-refractivity contribution in [2.75, 3.05) is 6.61 Å². The summed E-state index contributed by atoms with van der Waals surface area (Å²) in [6.45, 7) is 4.78. The first-order chi connectivity index (χ1) is 12.1. The van der Waals surface area contributed by atoms with E-state index in [0.717, 1.165) is 22.4 Å². The first kappa shape index (κ1) is 18.2. The summed E-state index contributed by atoms with van der Waals surface area (Å²) in [5.41, 5.74) is 5.04. The molecule has 130 valence electrons. The molecule has 0 aliphatic rings. The van der Waals surface area contributed by atoms with Gasteiger partial charge in [0.15, 0.2) is 0 Å². The van der Waals surface area contributed by atoms with Crippen molar-refractivity contribution in [2.24, 2.45) is 5.10 Å². The Bertz CT molecular complexity index is 738. The van der Waals surface area contributed by atoms with Crippen molar-refractivity contribution in [2.45, 2.75) is 20.4 Å². The van der Waals surface area contributed by atoms with E-state index >= 15 is 0 Å². The molecule has 2 N–H and O–H groups in total. The summed E-state index contributed by atoms with van der Waals surface area (Å²) in [6, 6.07) is 14.9. The number of hydrazone groups is 1. The summed E-state index contributed by atoms with van der Waals surface area (Å²) in [4.78, 5) is 23.4. The molecule has 2 rings (SSSR count). The van der Waals surface area contributed by atoms with Crippen LogP contribution < -0.4 is 15.5 Å². The molecular weight excluding hydrogens is 318 g/mol. The van der Waals surface area contributed by atoms with E-state index in [1.54, 1.807) is 24.3 Å². The minimum Gasteiger partial charge on any atom is -0.494 e. The summed E-state index contributed by atoms with van der Waals surface area (Å²) in [5.74, 6) is -0.780. The zero-order valence-corrected chi connectivity index (χ0v) is 14.3. The normalized spacial score (nSPS) is 10.5. The maximum absolute atomic E-state index is 11.7. The molecule has 0 aromatic heterocycles. The third kappa shape index (κ3) is 6.10. The number of ether oxygens (including phenoxy) is 1. The van der Waals surface area contributed by atoms with Crippen LogP contribution in [0.15, 0.2) is 53.6 Å². The number of carbonyl (C=O) groups is 2. The third-order valence-corrected chi connectivity index (χ3v) is 3.35. The van der Waals surface area contributed by atoms with Gasteiger partial charge < -0.3 is 10.1 Å². The molecule has 0 unspecified atom stereocenters. The molecule has 0 saturated heterocycles. The number of rotatable bonds is 6. The summed E-state index contributed by atoms with van der Waals surface area (Å²) in [5, 5.41) is 6.33. The van der Waals surface area contributed by atoms with Crippen molar-refractivity contribution in [1.29, 1.82) is 0 Å². The summed E-state index contributed by atoms with van der Waals surface area (Å²) in [7, 11) is 0. The van der Waals surface area contributed by atoms with Crippen LogP contribution in [0.4, 0.5) is 0 Å². The van der Waals surface area contributed by atoms with Gasteiger partial charge in [0.2, 0.25) is 0 Å². The largest absolute Gasteiger partial charge is 0.494 e. The first-order valence-corrected chi connectivity index (χ1v) is 7.98. The number of hydrogen-bond donors (Lipinski definition) is 2. The van der Waals surface area contributed by atoms with Crippen LogP contribution in [0, 0.1) is 6.92 Å². The van der Waals surface area contributed by atoms with Crippen LogP contribution in [0.3, 0.4) is 0 Å². The van der Waals surface area contributed by atoms with E-state index in [1.807, 2.05) is 38.1 Å². The highest BCUT2D eigenvalue weighted by atomic mass is 16.5. The predicted molar refractivity (Wildman–Crippen MR) is 96.4 cm³/mol. The van der Waals surface area contributed by atoms with Gasteiger partial charge in [0.25, 0.3) is 0 Å². The maximum Gasteiger partial charge on any atom is 0.329 e. The van der Waals surface area contributed by atoms with Crippen LogP contribution in [0.2, 0.25) is 0 Å². The van der Waals surface area contributed by atoms with Gasteiger partial charge in [-0.15, -0.1) is 0 Å². The van der Waals surface area contributed by atoms with Gasteiger partial charge in [-0.1, -0.05) is 29.8 Å². The number of amides is 2. The van der Waals surface area contributed by atoms with E-state index in [4.69, 9.17) is 4.74 Å². The number of nitrogens with one attached hydrogen (secondary N) is 2. The topological polar surface area (TPSA) is 79.8 Å². The maximum atomic E-state index is 11.7. The van der Waals surface area contributed by atoms with Crippen molar-refractivity contribution in [3.63, 3.8) is 0 Å². The number of benzene rings is 2. The third-order valence-electron chi connectivity index (χ3n) is 3.35. The Balaban J connectivity index is 1.78. The van der Waals surface area contributed by atoms with Crippen molar-refractivity contribution < 1.29 is 14.3 Å². The second-order valence-corrected chi connectivity index (χ2v) is 5.37. The minimum absolute atomic E-state index is 0.287. The average Bonchev–Trinajstić information content (AvgIpc) is 2.62. The van der Waals surface area contributed by atoms with Crippen LogP contribution in [-0.4, -0.2) is 24.6 Å². The van der Waals surface area contributed by atoms with E-state index in [-0.39, 0.29) is 6.54 Å². The molecule has 25 heavy (non-hydrogen) atoms. The average molecular weight is 339 g/mol. The van der Waals surface area contributed by atoms with Crippen molar-refractivity contribution in [3.05, 3.63) is 65.2 Å². The summed E-state index contributed by atoms with van der Waals surface area (Å²) in [6.07, 6.45) is 1.46. The highest BCUT2D eigenvalue weighted by Gasteiger charge is 2.11. The molecule has 0 heterocycles. The highest BCUT2D eigenvalue weighted by molar-refractivity contribution is 6.35. The Morgan fingerprint density at radius 3 is 2.36 bits per heavy atom. The molecule has 0 spiro atoms. The van der Waals surface area contributed by atoms with Gasteiger partial charge in [-0.2, -0.15) is 5.10 Å². The number of carbonyl (C=O) groups excluding carboxylic acids is 2. The number of nitrogens with zero attached hydrogens (tertiary/aromatic N) is 1. The van der Waals surface area contributed by atoms with E-state index in [9.17, 15) is 9.59 Å². The summed E-state index contributed by atoms with van der Waals surface area (Å²) >= 11 is 0. The van der Waals surface area contributed by atoms with Crippen molar-refractivity contribution >= 4 is 18.0 Å². The van der Waals surface area contributed by atoms with Crippen molar-refractivity contribution in [1.82, 2.24) is 10.7 Å². The Hall–Kier alpha value is -3.15. The molecule has 0 atom stereocenters. The summed E-state index contributed by atoms with van der Waals surface area (Å²) < 4.78 is 5.34. The second kappa shape index (κ2) is 9.22. The lowest BCUT2D eigenvalue weighted by Gasteiger charge is -2.04. The standard InChI is InChI=1S/C19H21N3O3/c1-3-25-17-10-8-16(9-11-17)13-21-22-19(24)18(23)20-12-15-6-4-14(2)5-7-15/h4-11,13H,3,12H2,1-2H3,(H,20,23)(H,22,24)/b21-13-. The van der Waals surface area contributed by atoms with Crippen LogP contribution in [-0.2, 0) is 16.1 Å². The van der Waals surface area contributed by atoms with Gasteiger partial charge >= 0.3 is 11.8 Å². The molecule has 0 bridgehead atoms. The van der Waals surface area contributed by atoms with Crippen molar-refractivity contribution in [3.8, 4) is 5.75 Å². The monoisotopic (exact) mass is 339 g/mol. The molecule has 0 aliphatic heterocycles. The van der Waals surface area contributed by atoms with Gasteiger partial charge in [0.1, 0.15) is 5.75 Å². The zero-order chi connectivity index (χ0) is 18.1.